The predicted molar refractivity (Wildman–Crippen MR) is 72.1 cm³/mol. The lowest BCUT2D eigenvalue weighted by Gasteiger charge is -2.09. The Morgan fingerprint density at radius 2 is 1.89 bits per heavy atom. The van der Waals surface area contributed by atoms with Crippen molar-refractivity contribution in [2.75, 3.05) is 14.2 Å². The van der Waals surface area contributed by atoms with Crippen LogP contribution in [0.2, 0.25) is 0 Å². The average Bonchev–Trinajstić information content (AvgIpc) is 2.73. The van der Waals surface area contributed by atoms with Gasteiger partial charge in [-0.25, -0.2) is 0 Å². The Kier molecular flexibility index (Phi) is 3.64. The lowest BCUT2D eigenvalue weighted by molar-refractivity contribution is -0.136. The molecule has 0 aliphatic carbocycles. The fourth-order valence-electron chi connectivity index (χ4n) is 2.26. The molecule has 0 unspecified atom stereocenters. The molecule has 0 aliphatic rings. The van der Waals surface area contributed by atoms with Crippen LogP contribution in [0.3, 0.4) is 0 Å². The summed E-state index contributed by atoms with van der Waals surface area (Å²) in [5.41, 5.74) is 1.74. The topological polar surface area (TPSA) is 60.7 Å². The number of fused-ring (bicyclic) bond motifs is 1. The van der Waals surface area contributed by atoms with Gasteiger partial charge in [0.15, 0.2) is 11.5 Å². The number of benzene rings is 1. The number of aryl methyl sites for hydroxylation is 1. The van der Waals surface area contributed by atoms with E-state index in [1.165, 1.54) is 0 Å². The van der Waals surface area contributed by atoms with E-state index in [1.807, 2.05) is 29.8 Å². The van der Waals surface area contributed by atoms with E-state index in [0.717, 1.165) is 23.0 Å². The van der Waals surface area contributed by atoms with Gasteiger partial charge in [0.25, 0.3) is 0 Å². The zero-order valence-electron chi connectivity index (χ0n) is 11.3. The number of methoxy groups -OCH3 is 2. The molecule has 0 spiro atoms. The summed E-state index contributed by atoms with van der Waals surface area (Å²) in [6.07, 6.45) is 1.87. The molecular formula is C14H17NO4. The standard InChI is InChI=1S/C14H17NO4/c1-4-15-8-9(5-14(16)17)10-6-12(18-2)13(19-3)7-11(10)15/h6-8H,4-5H2,1-3H3,(H,16,17). The zero-order valence-corrected chi connectivity index (χ0v) is 11.3. The molecule has 0 saturated carbocycles. The predicted octanol–water partition coefficient (Wildman–Crippen LogP) is 2.31. The quantitative estimate of drug-likeness (QED) is 0.899. The molecule has 2 rings (SSSR count). The second-order valence-electron chi connectivity index (χ2n) is 4.24. The fourth-order valence-corrected chi connectivity index (χ4v) is 2.26. The summed E-state index contributed by atoms with van der Waals surface area (Å²) in [6, 6.07) is 3.71. The van der Waals surface area contributed by atoms with Gasteiger partial charge in [-0.05, 0) is 18.6 Å². The molecule has 0 bridgehead atoms. The number of carboxylic acid groups (broad SMARTS) is 1. The van der Waals surface area contributed by atoms with Crippen molar-refractivity contribution in [3.05, 3.63) is 23.9 Å². The molecule has 102 valence electrons. The van der Waals surface area contributed by atoms with E-state index in [4.69, 9.17) is 14.6 Å². The Bertz CT molecular complexity index is 615. The van der Waals surface area contributed by atoms with Gasteiger partial charge >= 0.3 is 5.97 Å². The molecule has 1 heterocycles. The fraction of sp³-hybridized carbons (Fsp3) is 0.357. The van der Waals surface area contributed by atoms with E-state index in [1.54, 1.807) is 14.2 Å². The normalized spacial score (nSPS) is 10.7. The van der Waals surface area contributed by atoms with Crippen molar-refractivity contribution >= 4 is 16.9 Å². The average molecular weight is 263 g/mol. The smallest absolute Gasteiger partial charge is 0.307 e. The van der Waals surface area contributed by atoms with Crippen molar-refractivity contribution in [3.8, 4) is 11.5 Å². The Balaban J connectivity index is 2.68. The second kappa shape index (κ2) is 5.22. The van der Waals surface area contributed by atoms with Gasteiger partial charge < -0.3 is 19.1 Å². The van der Waals surface area contributed by atoms with Crippen LogP contribution in [0.4, 0.5) is 0 Å². The molecule has 0 atom stereocenters. The largest absolute Gasteiger partial charge is 0.493 e. The Morgan fingerprint density at radius 1 is 1.26 bits per heavy atom. The highest BCUT2D eigenvalue weighted by Gasteiger charge is 2.15. The third-order valence-corrected chi connectivity index (χ3v) is 3.15. The highest BCUT2D eigenvalue weighted by atomic mass is 16.5. The van der Waals surface area contributed by atoms with E-state index in [9.17, 15) is 4.79 Å². The summed E-state index contributed by atoms with van der Waals surface area (Å²) in [4.78, 5) is 10.9. The van der Waals surface area contributed by atoms with Crippen LogP contribution in [0, 0.1) is 0 Å². The van der Waals surface area contributed by atoms with Gasteiger partial charge in [0, 0.05) is 24.2 Å². The number of carbonyl (C=O) groups is 1. The molecular weight excluding hydrogens is 246 g/mol. The molecule has 19 heavy (non-hydrogen) atoms. The van der Waals surface area contributed by atoms with Crippen LogP contribution in [0.1, 0.15) is 12.5 Å². The minimum atomic E-state index is -0.843. The molecule has 0 radical (unpaired) electrons. The van der Waals surface area contributed by atoms with Gasteiger partial charge in [0.05, 0.1) is 26.2 Å². The van der Waals surface area contributed by atoms with E-state index in [2.05, 4.69) is 0 Å². The number of hydrogen-bond donors (Lipinski definition) is 1. The Morgan fingerprint density at radius 3 is 2.42 bits per heavy atom. The van der Waals surface area contributed by atoms with Crippen LogP contribution in [-0.2, 0) is 17.8 Å². The molecule has 0 fully saturated rings. The van der Waals surface area contributed by atoms with Crippen molar-refractivity contribution in [3.63, 3.8) is 0 Å². The molecule has 0 saturated heterocycles. The molecule has 5 heteroatoms. The third-order valence-electron chi connectivity index (χ3n) is 3.15. The Labute approximate surface area is 111 Å². The van der Waals surface area contributed by atoms with Crippen molar-refractivity contribution in [1.82, 2.24) is 4.57 Å². The van der Waals surface area contributed by atoms with Gasteiger partial charge in [-0.3, -0.25) is 4.79 Å². The van der Waals surface area contributed by atoms with Crippen LogP contribution < -0.4 is 9.47 Å². The van der Waals surface area contributed by atoms with Crippen LogP contribution in [0.5, 0.6) is 11.5 Å². The van der Waals surface area contributed by atoms with Crippen LogP contribution in [0.15, 0.2) is 18.3 Å². The first-order valence-corrected chi connectivity index (χ1v) is 6.06. The van der Waals surface area contributed by atoms with E-state index in [0.29, 0.717) is 11.5 Å². The summed E-state index contributed by atoms with van der Waals surface area (Å²) in [5, 5.41) is 9.86. The molecule has 5 nitrogen and oxygen atoms in total. The summed E-state index contributed by atoms with van der Waals surface area (Å²) < 4.78 is 12.6. The van der Waals surface area contributed by atoms with Crippen molar-refractivity contribution < 1.29 is 19.4 Å². The van der Waals surface area contributed by atoms with Gasteiger partial charge in [-0.2, -0.15) is 0 Å². The summed E-state index contributed by atoms with van der Waals surface area (Å²) >= 11 is 0. The SMILES string of the molecule is CCn1cc(CC(=O)O)c2cc(OC)c(OC)cc21. The van der Waals surface area contributed by atoms with Gasteiger partial charge in [-0.15, -0.1) is 0 Å². The van der Waals surface area contributed by atoms with E-state index in [-0.39, 0.29) is 6.42 Å². The number of rotatable bonds is 5. The first kappa shape index (κ1) is 13.3. The number of aromatic nitrogens is 1. The molecule has 1 aromatic carbocycles. The maximum absolute atomic E-state index is 10.9. The number of carboxylic acids is 1. The molecule has 0 amide bonds. The summed E-state index contributed by atoms with van der Waals surface area (Å²) in [7, 11) is 3.15. The van der Waals surface area contributed by atoms with Crippen LogP contribution in [0.25, 0.3) is 10.9 Å². The van der Waals surface area contributed by atoms with Crippen molar-refractivity contribution in [1.29, 1.82) is 0 Å². The summed E-state index contributed by atoms with van der Waals surface area (Å²) in [5.74, 6) is 0.408. The van der Waals surface area contributed by atoms with Gasteiger partial charge in [0.2, 0.25) is 0 Å². The van der Waals surface area contributed by atoms with Crippen LogP contribution >= 0.6 is 0 Å². The minimum Gasteiger partial charge on any atom is -0.493 e. The molecule has 1 N–H and O–H groups in total. The zero-order chi connectivity index (χ0) is 14.0. The van der Waals surface area contributed by atoms with Gasteiger partial charge in [0.1, 0.15) is 0 Å². The maximum atomic E-state index is 10.9. The highest BCUT2D eigenvalue weighted by Crippen LogP contribution is 2.34. The minimum absolute atomic E-state index is 0.00101. The monoisotopic (exact) mass is 263 g/mol. The third kappa shape index (κ3) is 2.36. The van der Waals surface area contributed by atoms with E-state index < -0.39 is 5.97 Å². The number of hydrogen-bond acceptors (Lipinski definition) is 3. The highest BCUT2D eigenvalue weighted by molar-refractivity contribution is 5.90. The number of aliphatic carboxylic acids is 1. The molecule has 1 aromatic heterocycles. The lowest BCUT2D eigenvalue weighted by atomic mass is 10.1. The van der Waals surface area contributed by atoms with E-state index >= 15 is 0 Å². The lowest BCUT2D eigenvalue weighted by Crippen LogP contribution is -1.99. The summed E-state index contributed by atoms with van der Waals surface area (Å²) in [6.45, 7) is 2.78. The maximum Gasteiger partial charge on any atom is 0.307 e. The number of nitrogens with zero attached hydrogens (tertiary/aromatic N) is 1. The Hall–Kier alpha value is -2.17. The molecule has 0 aliphatic heterocycles. The van der Waals surface area contributed by atoms with Gasteiger partial charge in [-0.1, -0.05) is 0 Å². The first-order valence-electron chi connectivity index (χ1n) is 6.06. The second-order valence-corrected chi connectivity index (χ2v) is 4.24. The van der Waals surface area contributed by atoms with Crippen molar-refractivity contribution in [2.45, 2.75) is 19.9 Å². The first-order chi connectivity index (χ1) is 9.10. The molecule has 2 aromatic rings. The van der Waals surface area contributed by atoms with Crippen LogP contribution in [-0.4, -0.2) is 29.9 Å². The van der Waals surface area contributed by atoms with Crippen molar-refractivity contribution in [2.24, 2.45) is 0 Å². The number of ether oxygens (including phenoxy) is 2.